The number of rotatable bonds is 3. The van der Waals surface area contributed by atoms with Crippen molar-refractivity contribution in [3.05, 3.63) is 23.2 Å². The number of carbonyl (C=O) groups is 2. The van der Waals surface area contributed by atoms with E-state index in [1.165, 1.54) is 18.2 Å². The first-order chi connectivity index (χ1) is 8.97. The van der Waals surface area contributed by atoms with Crippen molar-refractivity contribution in [2.75, 3.05) is 5.32 Å². The second-order valence-electron chi connectivity index (χ2n) is 4.70. The molecule has 19 heavy (non-hydrogen) atoms. The molecule has 0 saturated heterocycles. The lowest BCUT2D eigenvalue weighted by atomic mass is 10.0. The molecule has 0 unspecified atom stereocenters. The van der Waals surface area contributed by atoms with Gasteiger partial charge in [0.1, 0.15) is 5.75 Å². The van der Waals surface area contributed by atoms with Crippen molar-refractivity contribution in [1.29, 1.82) is 0 Å². The number of carboxylic acid groups (broad SMARTS) is 1. The summed E-state index contributed by atoms with van der Waals surface area (Å²) in [6.07, 6.45) is 1.39. The Bertz CT molecular complexity index is 517. The summed E-state index contributed by atoms with van der Waals surface area (Å²) in [6.45, 7) is 0. The van der Waals surface area contributed by atoms with Gasteiger partial charge in [0, 0.05) is 10.9 Å². The van der Waals surface area contributed by atoms with Crippen molar-refractivity contribution in [1.82, 2.24) is 0 Å². The summed E-state index contributed by atoms with van der Waals surface area (Å²) >= 11 is 5.78. The van der Waals surface area contributed by atoms with Crippen molar-refractivity contribution in [2.24, 2.45) is 11.8 Å². The van der Waals surface area contributed by atoms with Gasteiger partial charge in [0.15, 0.2) is 0 Å². The normalized spacial score (nSPS) is 22.2. The Morgan fingerprint density at radius 1 is 1.26 bits per heavy atom. The molecule has 102 valence electrons. The molecule has 0 aromatic heterocycles. The zero-order chi connectivity index (χ0) is 14.0. The van der Waals surface area contributed by atoms with E-state index < -0.39 is 11.9 Å². The molecule has 6 heteroatoms. The number of benzene rings is 1. The van der Waals surface area contributed by atoms with Gasteiger partial charge in [0.25, 0.3) is 0 Å². The lowest BCUT2D eigenvalue weighted by molar-refractivity contribution is -0.141. The van der Waals surface area contributed by atoms with Crippen LogP contribution in [0.25, 0.3) is 0 Å². The molecule has 1 aliphatic carbocycles. The minimum absolute atomic E-state index is 0.0643. The smallest absolute Gasteiger partial charge is 0.306 e. The van der Waals surface area contributed by atoms with Crippen LogP contribution in [0.3, 0.4) is 0 Å². The molecule has 2 rings (SSSR count). The highest BCUT2D eigenvalue weighted by Gasteiger charge is 2.34. The molecule has 1 aliphatic rings. The molecule has 2 atom stereocenters. The molecule has 1 aromatic rings. The van der Waals surface area contributed by atoms with Gasteiger partial charge in [-0.1, -0.05) is 11.6 Å². The van der Waals surface area contributed by atoms with Gasteiger partial charge < -0.3 is 15.5 Å². The molecular weight excluding hydrogens is 270 g/mol. The summed E-state index contributed by atoms with van der Waals surface area (Å²) in [5.41, 5.74) is 0.247. The standard InChI is InChI=1S/C13H14ClNO4/c14-9-3-4-11(16)10(6-9)15-12(17)7-1-2-8(5-7)13(18)19/h3-4,6-8,16H,1-2,5H2,(H,15,17)(H,18,19)/t7-,8-/m0/s1. The van der Waals surface area contributed by atoms with Crippen LogP contribution in [0.5, 0.6) is 5.75 Å². The van der Waals surface area contributed by atoms with E-state index in [-0.39, 0.29) is 23.3 Å². The zero-order valence-corrected chi connectivity index (χ0v) is 10.9. The summed E-state index contributed by atoms with van der Waals surface area (Å²) in [5.74, 6) is -1.99. The fraction of sp³-hybridized carbons (Fsp3) is 0.385. The third-order valence-electron chi connectivity index (χ3n) is 3.37. The van der Waals surface area contributed by atoms with E-state index >= 15 is 0 Å². The monoisotopic (exact) mass is 283 g/mol. The van der Waals surface area contributed by atoms with Crippen LogP contribution in [0, 0.1) is 11.8 Å². The minimum atomic E-state index is -0.860. The number of carbonyl (C=O) groups excluding carboxylic acids is 1. The van der Waals surface area contributed by atoms with Crippen molar-refractivity contribution < 1.29 is 19.8 Å². The number of hydrogen-bond acceptors (Lipinski definition) is 3. The number of halogens is 1. The Hall–Kier alpha value is -1.75. The number of carboxylic acids is 1. The molecule has 1 saturated carbocycles. The summed E-state index contributed by atoms with van der Waals surface area (Å²) in [7, 11) is 0. The molecule has 1 aromatic carbocycles. The molecule has 5 nitrogen and oxygen atoms in total. The molecular formula is C13H14ClNO4. The topological polar surface area (TPSA) is 86.6 Å². The van der Waals surface area contributed by atoms with Crippen LogP contribution in [0.1, 0.15) is 19.3 Å². The van der Waals surface area contributed by atoms with E-state index in [4.69, 9.17) is 16.7 Å². The van der Waals surface area contributed by atoms with Crippen molar-refractivity contribution in [3.8, 4) is 5.75 Å². The second kappa shape index (κ2) is 5.48. The predicted molar refractivity (Wildman–Crippen MR) is 70.2 cm³/mol. The van der Waals surface area contributed by atoms with Crippen LogP contribution >= 0.6 is 11.6 Å². The van der Waals surface area contributed by atoms with Crippen LogP contribution in [-0.2, 0) is 9.59 Å². The Morgan fingerprint density at radius 2 is 1.95 bits per heavy atom. The third-order valence-corrected chi connectivity index (χ3v) is 3.60. The maximum Gasteiger partial charge on any atom is 0.306 e. The maximum atomic E-state index is 12.0. The first-order valence-corrected chi connectivity index (χ1v) is 6.37. The summed E-state index contributed by atoms with van der Waals surface area (Å²) < 4.78 is 0. The van der Waals surface area contributed by atoms with Crippen LogP contribution in [-0.4, -0.2) is 22.1 Å². The Morgan fingerprint density at radius 3 is 2.58 bits per heavy atom. The van der Waals surface area contributed by atoms with Gasteiger partial charge in [-0.2, -0.15) is 0 Å². The Kier molecular flexibility index (Phi) is 3.95. The summed E-state index contributed by atoms with van der Waals surface area (Å²) in [4.78, 5) is 22.8. The number of phenolic OH excluding ortho intramolecular Hbond substituents is 1. The van der Waals surface area contributed by atoms with Crippen molar-refractivity contribution in [2.45, 2.75) is 19.3 Å². The lowest BCUT2D eigenvalue weighted by Gasteiger charge is -2.12. The molecule has 1 fully saturated rings. The average Bonchev–Trinajstić information content (AvgIpc) is 2.83. The number of anilines is 1. The molecule has 1 amide bonds. The molecule has 3 N–H and O–H groups in total. The van der Waals surface area contributed by atoms with E-state index in [9.17, 15) is 14.7 Å². The van der Waals surface area contributed by atoms with E-state index in [1.54, 1.807) is 0 Å². The lowest BCUT2D eigenvalue weighted by Crippen LogP contribution is -2.21. The molecule has 0 spiro atoms. The Labute approximate surface area is 115 Å². The van der Waals surface area contributed by atoms with Gasteiger partial charge in [0.05, 0.1) is 11.6 Å². The fourth-order valence-corrected chi connectivity index (χ4v) is 2.46. The number of aromatic hydroxyl groups is 1. The SMILES string of the molecule is O=C(O)[C@H]1CC[C@H](C(=O)Nc2cc(Cl)ccc2O)C1. The van der Waals surface area contributed by atoms with Crippen LogP contribution in [0.2, 0.25) is 5.02 Å². The quantitative estimate of drug-likeness (QED) is 0.744. The first kappa shape index (κ1) is 13.7. The maximum absolute atomic E-state index is 12.0. The van der Waals surface area contributed by atoms with E-state index in [1.807, 2.05) is 0 Å². The molecule has 0 bridgehead atoms. The van der Waals surface area contributed by atoms with Crippen LogP contribution in [0.15, 0.2) is 18.2 Å². The highest BCUT2D eigenvalue weighted by Crippen LogP contribution is 2.33. The van der Waals surface area contributed by atoms with Gasteiger partial charge in [-0.15, -0.1) is 0 Å². The average molecular weight is 284 g/mol. The minimum Gasteiger partial charge on any atom is -0.506 e. The largest absolute Gasteiger partial charge is 0.506 e. The number of hydrogen-bond donors (Lipinski definition) is 3. The van der Waals surface area contributed by atoms with E-state index in [0.29, 0.717) is 24.3 Å². The summed E-state index contributed by atoms with van der Waals surface area (Å²) in [5, 5.41) is 21.5. The highest BCUT2D eigenvalue weighted by atomic mass is 35.5. The summed E-state index contributed by atoms with van der Waals surface area (Å²) in [6, 6.07) is 4.37. The fourth-order valence-electron chi connectivity index (χ4n) is 2.29. The van der Waals surface area contributed by atoms with Gasteiger partial charge in [-0.25, -0.2) is 0 Å². The number of amides is 1. The van der Waals surface area contributed by atoms with Gasteiger partial charge in [-0.05, 0) is 37.5 Å². The van der Waals surface area contributed by atoms with Crippen LogP contribution < -0.4 is 5.32 Å². The Balaban J connectivity index is 2.02. The van der Waals surface area contributed by atoms with E-state index in [0.717, 1.165) is 0 Å². The van der Waals surface area contributed by atoms with Gasteiger partial charge in [0.2, 0.25) is 5.91 Å². The van der Waals surface area contributed by atoms with Crippen LogP contribution in [0.4, 0.5) is 5.69 Å². The number of aliphatic carboxylic acids is 1. The highest BCUT2D eigenvalue weighted by molar-refractivity contribution is 6.31. The number of nitrogens with one attached hydrogen (secondary N) is 1. The second-order valence-corrected chi connectivity index (χ2v) is 5.13. The zero-order valence-electron chi connectivity index (χ0n) is 10.1. The predicted octanol–water partition coefficient (Wildman–Crippen LogP) is 2.49. The third kappa shape index (κ3) is 3.17. The van der Waals surface area contributed by atoms with Crippen molar-refractivity contribution in [3.63, 3.8) is 0 Å². The van der Waals surface area contributed by atoms with Crippen molar-refractivity contribution >= 4 is 29.2 Å². The molecule has 0 aliphatic heterocycles. The van der Waals surface area contributed by atoms with Gasteiger partial charge in [-0.3, -0.25) is 9.59 Å². The number of phenols is 1. The molecule has 0 radical (unpaired) electrons. The first-order valence-electron chi connectivity index (χ1n) is 5.99. The molecule has 0 heterocycles. The van der Waals surface area contributed by atoms with E-state index in [2.05, 4.69) is 5.32 Å². The van der Waals surface area contributed by atoms with Gasteiger partial charge >= 0.3 is 5.97 Å².